The number of carbonyl (C=O) groups excluding carboxylic acids is 2. The van der Waals surface area contributed by atoms with E-state index < -0.39 is 4.92 Å². The number of hydrogen-bond donors (Lipinski definition) is 2. The van der Waals surface area contributed by atoms with E-state index in [0.717, 1.165) is 5.56 Å². The Morgan fingerprint density at radius 1 is 0.657 bits per heavy atom. The molecule has 4 aromatic carbocycles. The van der Waals surface area contributed by atoms with E-state index in [1.165, 1.54) is 24.3 Å². The number of rotatable bonds is 7. The van der Waals surface area contributed by atoms with Gasteiger partial charge in [-0.05, 0) is 79.7 Å². The molecule has 2 N–H and O–H groups in total. The molecule has 0 saturated heterocycles. The summed E-state index contributed by atoms with van der Waals surface area (Å²) in [6.45, 7) is 1.96. The van der Waals surface area contributed by atoms with E-state index in [0.29, 0.717) is 34.0 Å². The Hall–Kier alpha value is -4.98. The number of aryl methyl sites for hydroxylation is 1. The second-order valence-electron chi connectivity index (χ2n) is 7.73. The average Bonchev–Trinajstić information content (AvgIpc) is 2.86. The van der Waals surface area contributed by atoms with Gasteiger partial charge < -0.3 is 15.4 Å². The number of ether oxygens (including phenoxy) is 1. The fourth-order valence-electron chi connectivity index (χ4n) is 3.19. The molecule has 4 aromatic rings. The highest BCUT2D eigenvalue weighted by Gasteiger charge is 2.09. The molecular formula is C27H21N3O5. The van der Waals surface area contributed by atoms with Gasteiger partial charge in [-0.2, -0.15) is 0 Å². The minimum Gasteiger partial charge on any atom is -0.457 e. The zero-order valence-electron chi connectivity index (χ0n) is 18.7. The van der Waals surface area contributed by atoms with Crippen LogP contribution in [-0.4, -0.2) is 16.7 Å². The molecule has 0 radical (unpaired) electrons. The van der Waals surface area contributed by atoms with Crippen molar-refractivity contribution in [1.82, 2.24) is 0 Å². The maximum atomic E-state index is 12.6. The van der Waals surface area contributed by atoms with Gasteiger partial charge >= 0.3 is 0 Å². The van der Waals surface area contributed by atoms with Gasteiger partial charge in [0.15, 0.2) is 0 Å². The second kappa shape index (κ2) is 10.3. The summed E-state index contributed by atoms with van der Waals surface area (Å²) >= 11 is 0. The van der Waals surface area contributed by atoms with Gasteiger partial charge in [0.1, 0.15) is 11.5 Å². The first kappa shape index (κ1) is 23.2. The molecular weight excluding hydrogens is 446 g/mol. The Balaban J connectivity index is 1.33. The van der Waals surface area contributed by atoms with Gasteiger partial charge in [-0.3, -0.25) is 19.7 Å². The van der Waals surface area contributed by atoms with E-state index in [2.05, 4.69) is 10.6 Å². The molecule has 0 aliphatic carbocycles. The van der Waals surface area contributed by atoms with Crippen LogP contribution in [0.25, 0.3) is 0 Å². The maximum absolute atomic E-state index is 12.6. The molecule has 0 spiro atoms. The Labute approximate surface area is 201 Å². The van der Waals surface area contributed by atoms with Crippen molar-refractivity contribution in [2.75, 3.05) is 10.6 Å². The Morgan fingerprint density at radius 2 is 1.06 bits per heavy atom. The minimum atomic E-state index is -0.480. The van der Waals surface area contributed by atoms with Crippen LogP contribution in [-0.2, 0) is 0 Å². The van der Waals surface area contributed by atoms with Crippen LogP contribution in [0.4, 0.5) is 17.1 Å². The highest BCUT2D eigenvalue weighted by atomic mass is 16.6. The third-order valence-corrected chi connectivity index (χ3v) is 5.11. The van der Waals surface area contributed by atoms with E-state index in [9.17, 15) is 19.7 Å². The lowest BCUT2D eigenvalue weighted by Gasteiger charge is -2.09. The van der Waals surface area contributed by atoms with E-state index in [1.807, 2.05) is 19.1 Å². The number of nitro groups is 1. The van der Waals surface area contributed by atoms with Crippen LogP contribution in [0, 0.1) is 17.0 Å². The second-order valence-corrected chi connectivity index (χ2v) is 7.73. The first-order valence-corrected chi connectivity index (χ1v) is 10.7. The molecule has 4 rings (SSSR count). The normalized spacial score (nSPS) is 10.3. The summed E-state index contributed by atoms with van der Waals surface area (Å²) in [5, 5.41) is 16.4. The van der Waals surface area contributed by atoms with Crippen molar-refractivity contribution in [2.45, 2.75) is 6.92 Å². The molecule has 2 amide bonds. The van der Waals surface area contributed by atoms with Gasteiger partial charge in [0, 0.05) is 34.6 Å². The lowest BCUT2D eigenvalue weighted by Crippen LogP contribution is -2.13. The third kappa shape index (κ3) is 6.08. The van der Waals surface area contributed by atoms with Crippen LogP contribution >= 0.6 is 0 Å². The summed E-state index contributed by atoms with van der Waals surface area (Å²) in [5.74, 6) is 0.424. The monoisotopic (exact) mass is 467 g/mol. The van der Waals surface area contributed by atoms with Crippen molar-refractivity contribution >= 4 is 28.9 Å². The first-order valence-electron chi connectivity index (χ1n) is 10.7. The quantitative estimate of drug-likeness (QED) is 0.248. The molecule has 35 heavy (non-hydrogen) atoms. The van der Waals surface area contributed by atoms with E-state index in [1.54, 1.807) is 60.7 Å². The number of non-ortho nitro benzene ring substituents is 1. The molecule has 0 heterocycles. The Morgan fingerprint density at radius 3 is 1.49 bits per heavy atom. The number of nitrogens with one attached hydrogen (secondary N) is 2. The zero-order chi connectivity index (χ0) is 24.8. The summed E-state index contributed by atoms with van der Waals surface area (Å²) in [6, 6.07) is 26.4. The highest BCUT2D eigenvalue weighted by molar-refractivity contribution is 6.05. The summed E-state index contributed by atoms with van der Waals surface area (Å²) < 4.78 is 5.66. The molecule has 0 fully saturated rings. The predicted molar refractivity (Wildman–Crippen MR) is 133 cm³/mol. The van der Waals surface area contributed by atoms with Gasteiger partial charge in [0.05, 0.1) is 4.92 Å². The fourth-order valence-corrected chi connectivity index (χ4v) is 3.19. The first-order chi connectivity index (χ1) is 16.9. The van der Waals surface area contributed by atoms with E-state index in [-0.39, 0.29) is 17.5 Å². The molecule has 8 nitrogen and oxygen atoms in total. The van der Waals surface area contributed by atoms with Crippen LogP contribution in [0.5, 0.6) is 11.5 Å². The predicted octanol–water partition coefficient (Wildman–Crippen LogP) is 6.20. The average molecular weight is 467 g/mol. The maximum Gasteiger partial charge on any atom is 0.269 e. The van der Waals surface area contributed by atoms with Gasteiger partial charge in [0.25, 0.3) is 17.5 Å². The Kier molecular flexibility index (Phi) is 6.83. The number of anilines is 2. The molecule has 174 valence electrons. The van der Waals surface area contributed by atoms with Crippen molar-refractivity contribution < 1.29 is 19.2 Å². The van der Waals surface area contributed by atoms with Crippen LogP contribution in [0.15, 0.2) is 97.1 Å². The topological polar surface area (TPSA) is 111 Å². The van der Waals surface area contributed by atoms with Crippen molar-refractivity contribution in [3.05, 3.63) is 124 Å². The lowest BCUT2D eigenvalue weighted by molar-refractivity contribution is -0.384. The highest BCUT2D eigenvalue weighted by Crippen LogP contribution is 2.24. The van der Waals surface area contributed by atoms with Crippen LogP contribution in [0.2, 0.25) is 0 Å². The minimum absolute atomic E-state index is 0.0222. The zero-order valence-corrected chi connectivity index (χ0v) is 18.7. The number of nitrogens with zero attached hydrogens (tertiary/aromatic N) is 1. The summed E-state index contributed by atoms with van der Waals surface area (Å²) in [6.07, 6.45) is 0. The van der Waals surface area contributed by atoms with Crippen molar-refractivity contribution in [3.8, 4) is 11.5 Å². The fraction of sp³-hybridized carbons (Fsp3) is 0.0370. The summed E-state index contributed by atoms with van der Waals surface area (Å²) in [4.78, 5) is 35.2. The Bertz CT molecular complexity index is 1350. The molecule has 0 aliphatic heterocycles. The number of amides is 2. The van der Waals surface area contributed by atoms with Crippen LogP contribution in [0.3, 0.4) is 0 Å². The molecule has 8 heteroatoms. The summed E-state index contributed by atoms with van der Waals surface area (Å²) in [5.41, 5.74) is 3.24. The number of nitro benzene ring substituents is 1. The van der Waals surface area contributed by atoms with Gasteiger partial charge in [-0.15, -0.1) is 0 Å². The van der Waals surface area contributed by atoms with Crippen LogP contribution < -0.4 is 15.4 Å². The molecule has 0 unspecified atom stereocenters. The molecule has 0 aromatic heterocycles. The number of hydrogen-bond acceptors (Lipinski definition) is 5. The van der Waals surface area contributed by atoms with E-state index >= 15 is 0 Å². The van der Waals surface area contributed by atoms with Gasteiger partial charge in [-0.1, -0.05) is 17.7 Å². The number of benzene rings is 4. The van der Waals surface area contributed by atoms with Crippen molar-refractivity contribution in [3.63, 3.8) is 0 Å². The third-order valence-electron chi connectivity index (χ3n) is 5.11. The standard InChI is InChI=1S/C27H21N3O5/c1-18-2-4-19(5-3-18)26(31)28-21-8-10-22(11-9-21)29-27(32)20-6-14-24(15-7-20)35-25-16-12-23(13-17-25)30(33)34/h2-17H,1H3,(H,28,31)(H,29,32). The van der Waals surface area contributed by atoms with E-state index in [4.69, 9.17) is 4.74 Å². The lowest BCUT2D eigenvalue weighted by atomic mass is 10.1. The van der Waals surface area contributed by atoms with Crippen molar-refractivity contribution in [1.29, 1.82) is 0 Å². The molecule has 0 bridgehead atoms. The molecule has 0 aliphatic rings. The number of carbonyl (C=O) groups is 2. The largest absolute Gasteiger partial charge is 0.457 e. The van der Waals surface area contributed by atoms with Crippen LogP contribution in [0.1, 0.15) is 26.3 Å². The van der Waals surface area contributed by atoms with Crippen molar-refractivity contribution in [2.24, 2.45) is 0 Å². The van der Waals surface area contributed by atoms with Gasteiger partial charge in [0.2, 0.25) is 0 Å². The molecule has 0 atom stereocenters. The molecule has 0 saturated carbocycles. The smallest absolute Gasteiger partial charge is 0.269 e. The summed E-state index contributed by atoms with van der Waals surface area (Å²) in [7, 11) is 0. The SMILES string of the molecule is Cc1ccc(C(=O)Nc2ccc(NC(=O)c3ccc(Oc4ccc([N+](=O)[O-])cc4)cc3)cc2)cc1. The van der Waals surface area contributed by atoms with Gasteiger partial charge in [-0.25, -0.2) is 0 Å².